The molecule has 3 heterocycles. The summed E-state index contributed by atoms with van der Waals surface area (Å²) in [6, 6.07) is 0. The van der Waals surface area contributed by atoms with Gasteiger partial charge in [0.15, 0.2) is 0 Å². The summed E-state index contributed by atoms with van der Waals surface area (Å²) < 4.78 is 0. The van der Waals surface area contributed by atoms with Crippen LogP contribution in [0.5, 0.6) is 0 Å². The molecule has 0 atom stereocenters. The quantitative estimate of drug-likeness (QED) is 0.354. The van der Waals surface area contributed by atoms with E-state index in [-0.39, 0.29) is 0 Å². The third kappa shape index (κ3) is 5.10. The Kier molecular flexibility index (Phi) is 7.39. The van der Waals surface area contributed by atoms with Gasteiger partial charge in [-0.3, -0.25) is 4.90 Å². The maximum Gasteiger partial charge on any atom is 0.105 e. The molecular weight excluding hydrogens is 404 g/mol. The fourth-order valence-electron chi connectivity index (χ4n) is 3.59. The highest BCUT2D eigenvalue weighted by molar-refractivity contribution is 5.14. The van der Waals surface area contributed by atoms with Gasteiger partial charge in [-0.1, -0.05) is 54.6 Å². The molecule has 3 aromatic heterocycles. The Bertz CT molecular complexity index is 855. The average molecular weight is 435 g/mol. The van der Waals surface area contributed by atoms with E-state index in [1.165, 1.54) is 0 Å². The van der Waals surface area contributed by atoms with Gasteiger partial charge in [-0.15, -0.1) is 15.3 Å². The van der Waals surface area contributed by atoms with E-state index in [0.29, 0.717) is 73.1 Å². The van der Waals surface area contributed by atoms with Crippen molar-refractivity contribution in [1.82, 2.24) is 50.4 Å². The van der Waals surface area contributed by atoms with Crippen LogP contribution in [0.2, 0.25) is 0 Å². The average Bonchev–Trinajstić information content (AvgIpc) is 3.38. The van der Waals surface area contributed by atoms with Gasteiger partial charge >= 0.3 is 0 Å². The predicted octanol–water partition coefficient (Wildman–Crippen LogP) is 1.23. The van der Waals surface area contributed by atoms with Gasteiger partial charge in [-0.25, -0.2) is 0 Å². The summed E-state index contributed by atoms with van der Waals surface area (Å²) in [5, 5.41) is 53.6. The minimum Gasteiger partial charge on any atom is -0.410 e. The highest BCUT2D eigenvalue weighted by Gasteiger charge is 2.23. The fourth-order valence-corrected chi connectivity index (χ4v) is 3.59. The molecule has 3 N–H and O–H groups in total. The lowest BCUT2D eigenvalue weighted by atomic mass is 10.1. The molecule has 0 radical (unpaired) electrons. The van der Waals surface area contributed by atoms with Crippen LogP contribution in [0.15, 0.2) is 0 Å². The standard InChI is InChI=1S/C18H30N10O3/c1-4-7-16-13(19-22-26(16)29)10-25(11-14-17(8-5-2)27(30)23-20-14)12-15-18(9-6-3)28(31)24-21-15/h29-31H,4-12H2,1-3H3. The Labute approximate surface area is 179 Å². The molecule has 13 heteroatoms. The number of hydrogen-bond donors (Lipinski definition) is 3. The van der Waals surface area contributed by atoms with Crippen molar-refractivity contribution in [1.29, 1.82) is 0 Å². The van der Waals surface area contributed by atoms with Gasteiger partial charge < -0.3 is 15.6 Å². The number of aromatic nitrogens is 9. The van der Waals surface area contributed by atoms with E-state index in [4.69, 9.17) is 0 Å². The molecule has 31 heavy (non-hydrogen) atoms. The third-order valence-corrected chi connectivity index (χ3v) is 5.05. The molecule has 0 unspecified atom stereocenters. The zero-order chi connectivity index (χ0) is 22.4. The second kappa shape index (κ2) is 10.2. The number of nitrogens with zero attached hydrogens (tertiary/aromatic N) is 10. The lowest BCUT2D eigenvalue weighted by Crippen LogP contribution is -2.25. The molecular formula is C18H30N10O3. The first-order valence-corrected chi connectivity index (χ1v) is 10.6. The summed E-state index contributed by atoms with van der Waals surface area (Å²) in [7, 11) is 0. The first kappa shape index (κ1) is 22.5. The van der Waals surface area contributed by atoms with Crippen LogP contribution in [0.4, 0.5) is 0 Å². The molecule has 170 valence electrons. The number of rotatable bonds is 12. The van der Waals surface area contributed by atoms with Crippen LogP contribution in [0.25, 0.3) is 0 Å². The fraction of sp³-hybridized carbons (Fsp3) is 0.667. The van der Waals surface area contributed by atoms with Crippen molar-refractivity contribution in [2.75, 3.05) is 0 Å². The summed E-state index contributed by atoms with van der Waals surface area (Å²) in [6.45, 7) is 7.14. The molecule has 0 amide bonds. The Morgan fingerprint density at radius 3 is 1.13 bits per heavy atom. The molecule has 3 aromatic rings. The zero-order valence-corrected chi connectivity index (χ0v) is 18.2. The molecule has 0 aliphatic rings. The third-order valence-electron chi connectivity index (χ3n) is 5.05. The summed E-state index contributed by atoms with van der Waals surface area (Å²) in [4.78, 5) is 4.46. The second-order valence-electron chi connectivity index (χ2n) is 7.51. The van der Waals surface area contributed by atoms with Crippen molar-refractivity contribution in [3.05, 3.63) is 34.2 Å². The molecule has 0 aliphatic carbocycles. The van der Waals surface area contributed by atoms with Gasteiger partial charge in [-0.2, -0.15) is 0 Å². The lowest BCUT2D eigenvalue weighted by molar-refractivity contribution is 0.133. The molecule has 0 bridgehead atoms. The van der Waals surface area contributed by atoms with Crippen LogP contribution in [0, 0.1) is 0 Å². The van der Waals surface area contributed by atoms with Crippen LogP contribution >= 0.6 is 0 Å². The summed E-state index contributed by atoms with van der Waals surface area (Å²) in [5.74, 6) is 0. The summed E-state index contributed by atoms with van der Waals surface area (Å²) in [6.07, 6.45) is 4.40. The maximum atomic E-state index is 10.00. The van der Waals surface area contributed by atoms with Crippen molar-refractivity contribution in [2.45, 2.75) is 78.9 Å². The van der Waals surface area contributed by atoms with Gasteiger partial charge in [0.05, 0.1) is 0 Å². The van der Waals surface area contributed by atoms with E-state index in [0.717, 1.165) is 33.8 Å². The highest BCUT2D eigenvalue weighted by Crippen LogP contribution is 2.19. The van der Waals surface area contributed by atoms with Crippen molar-refractivity contribution in [2.24, 2.45) is 0 Å². The zero-order valence-electron chi connectivity index (χ0n) is 18.2. The summed E-state index contributed by atoms with van der Waals surface area (Å²) in [5.41, 5.74) is 3.87. The number of hydrogen-bond acceptors (Lipinski definition) is 10. The minimum atomic E-state index is 0.365. The molecule has 0 aromatic carbocycles. The second-order valence-corrected chi connectivity index (χ2v) is 7.51. The highest BCUT2D eigenvalue weighted by atomic mass is 16.5. The smallest absolute Gasteiger partial charge is 0.105 e. The van der Waals surface area contributed by atoms with Crippen LogP contribution in [-0.4, -0.2) is 66.0 Å². The van der Waals surface area contributed by atoms with Crippen LogP contribution in [-0.2, 0) is 38.9 Å². The van der Waals surface area contributed by atoms with Crippen LogP contribution in [0.3, 0.4) is 0 Å². The van der Waals surface area contributed by atoms with Crippen molar-refractivity contribution < 1.29 is 15.6 Å². The van der Waals surface area contributed by atoms with Gasteiger partial charge in [0.1, 0.15) is 34.2 Å². The summed E-state index contributed by atoms with van der Waals surface area (Å²) >= 11 is 0. The van der Waals surface area contributed by atoms with Gasteiger partial charge in [-0.05, 0) is 34.9 Å². The molecule has 0 fully saturated rings. The first-order valence-electron chi connectivity index (χ1n) is 10.6. The maximum absolute atomic E-state index is 10.00. The van der Waals surface area contributed by atoms with Gasteiger partial charge in [0.25, 0.3) is 0 Å². The monoisotopic (exact) mass is 434 g/mol. The molecule has 0 saturated carbocycles. The SMILES string of the molecule is CCCc1c(CN(Cc2nnn(O)c2CCC)Cc2nnn(O)c2CCC)nnn1O. The Morgan fingerprint density at radius 1 is 0.581 bits per heavy atom. The topological polar surface area (TPSA) is 156 Å². The van der Waals surface area contributed by atoms with E-state index in [1.807, 2.05) is 25.7 Å². The lowest BCUT2D eigenvalue weighted by Gasteiger charge is -2.20. The first-order chi connectivity index (χ1) is 15.0. The molecule has 0 spiro atoms. The molecule has 0 aliphatic heterocycles. The normalized spacial score (nSPS) is 11.6. The van der Waals surface area contributed by atoms with Gasteiger partial charge in [0.2, 0.25) is 0 Å². The molecule has 13 nitrogen and oxygen atoms in total. The van der Waals surface area contributed by atoms with Crippen molar-refractivity contribution in [3.8, 4) is 0 Å². The van der Waals surface area contributed by atoms with Crippen molar-refractivity contribution in [3.63, 3.8) is 0 Å². The Balaban J connectivity index is 1.91. The molecule has 0 saturated heterocycles. The van der Waals surface area contributed by atoms with E-state index >= 15 is 0 Å². The van der Waals surface area contributed by atoms with E-state index < -0.39 is 0 Å². The van der Waals surface area contributed by atoms with E-state index in [2.05, 4.69) is 30.9 Å². The van der Waals surface area contributed by atoms with E-state index in [9.17, 15) is 15.6 Å². The largest absolute Gasteiger partial charge is 0.410 e. The van der Waals surface area contributed by atoms with Crippen LogP contribution < -0.4 is 0 Å². The minimum absolute atomic E-state index is 0.365. The predicted molar refractivity (Wildman–Crippen MR) is 107 cm³/mol. The van der Waals surface area contributed by atoms with Gasteiger partial charge in [0, 0.05) is 19.6 Å². The van der Waals surface area contributed by atoms with Crippen molar-refractivity contribution >= 4 is 0 Å². The molecule has 3 rings (SSSR count). The Hall–Kier alpha value is -3.22. The van der Waals surface area contributed by atoms with E-state index in [1.54, 1.807) is 0 Å². The van der Waals surface area contributed by atoms with Crippen LogP contribution in [0.1, 0.15) is 74.2 Å². The Morgan fingerprint density at radius 2 is 0.871 bits per heavy atom.